The third kappa shape index (κ3) is 3.05. The summed E-state index contributed by atoms with van der Waals surface area (Å²) < 4.78 is 0. The second-order valence-electron chi connectivity index (χ2n) is 5.35. The second kappa shape index (κ2) is 6.15. The van der Waals surface area contributed by atoms with Crippen molar-refractivity contribution in [3.8, 4) is 0 Å². The van der Waals surface area contributed by atoms with Crippen LogP contribution in [0.15, 0.2) is 36.8 Å². The van der Waals surface area contributed by atoms with Crippen LogP contribution in [0, 0.1) is 5.92 Å². The largest absolute Gasteiger partial charge is 0.387 e. The van der Waals surface area contributed by atoms with Gasteiger partial charge in [-0.05, 0) is 44.0 Å². The van der Waals surface area contributed by atoms with Gasteiger partial charge >= 0.3 is 0 Å². The van der Waals surface area contributed by atoms with Gasteiger partial charge in [0.25, 0.3) is 0 Å². The molecule has 0 aromatic carbocycles. The number of hydrogen-bond donors (Lipinski definition) is 2. The Labute approximate surface area is 118 Å². The van der Waals surface area contributed by atoms with Gasteiger partial charge in [0.05, 0.1) is 18.3 Å². The molecule has 0 spiro atoms. The van der Waals surface area contributed by atoms with Crippen molar-refractivity contribution in [2.75, 3.05) is 13.1 Å². The third-order valence-corrected chi connectivity index (χ3v) is 4.00. The molecule has 3 rings (SSSR count). The number of nitrogens with zero attached hydrogens (tertiary/aromatic N) is 3. The van der Waals surface area contributed by atoms with Crippen LogP contribution in [-0.2, 0) is 6.54 Å². The molecule has 1 fully saturated rings. The van der Waals surface area contributed by atoms with E-state index in [1.165, 1.54) is 0 Å². The Morgan fingerprint density at radius 1 is 1.25 bits per heavy atom. The van der Waals surface area contributed by atoms with Gasteiger partial charge < -0.3 is 10.1 Å². The normalized spacial score (nSPS) is 19.1. The van der Waals surface area contributed by atoms with E-state index in [1.807, 2.05) is 24.4 Å². The summed E-state index contributed by atoms with van der Waals surface area (Å²) in [4.78, 5) is 14.0. The summed E-state index contributed by atoms with van der Waals surface area (Å²) in [5.41, 5.74) is 0.789. The Kier molecular flexibility index (Phi) is 4.08. The van der Waals surface area contributed by atoms with Crippen LogP contribution in [0.2, 0.25) is 0 Å². The minimum atomic E-state index is -0.443. The summed E-state index contributed by atoms with van der Waals surface area (Å²) in [6.45, 7) is 2.85. The molecule has 20 heavy (non-hydrogen) atoms. The fraction of sp³-hybridized carbons (Fsp3) is 0.467. The molecular formula is C15H20N4O. The molecule has 0 amide bonds. The highest BCUT2D eigenvalue weighted by Gasteiger charge is 2.27. The van der Waals surface area contributed by atoms with Crippen molar-refractivity contribution in [2.45, 2.75) is 25.5 Å². The molecule has 0 saturated carbocycles. The average Bonchev–Trinajstić information content (AvgIpc) is 3.01. The lowest BCUT2D eigenvalue weighted by molar-refractivity contribution is 0.0534. The molecule has 2 N–H and O–H groups in total. The number of hydrogen-bond acceptors (Lipinski definition) is 4. The third-order valence-electron chi connectivity index (χ3n) is 4.00. The summed E-state index contributed by atoms with van der Waals surface area (Å²) in [5.74, 6) is 1.31. The van der Waals surface area contributed by atoms with Gasteiger partial charge in [0.2, 0.25) is 0 Å². The molecule has 1 aliphatic rings. The maximum absolute atomic E-state index is 10.4. The van der Waals surface area contributed by atoms with Gasteiger partial charge in [-0.25, -0.2) is 4.98 Å². The van der Waals surface area contributed by atoms with Crippen molar-refractivity contribution < 1.29 is 5.11 Å². The molecule has 3 heterocycles. The lowest BCUT2D eigenvalue weighted by Crippen LogP contribution is -2.35. The maximum Gasteiger partial charge on any atom is 0.120 e. The number of H-pyrrole nitrogens is 1. The minimum Gasteiger partial charge on any atom is -0.387 e. The van der Waals surface area contributed by atoms with Crippen molar-refractivity contribution in [3.63, 3.8) is 0 Å². The Morgan fingerprint density at radius 3 is 2.75 bits per heavy atom. The molecular weight excluding hydrogens is 252 g/mol. The van der Waals surface area contributed by atoms with Gasteiger partial charge in [0, 0.05) is 18.6 Å². The zero-order valence-corrected chi connectivity index (χ0v) is 11.4. The van der Waals surface area contributed by atoms with Gasteiger partial charge in [-0.2, -0.15) is 0 Å². The number of aliphatic hydroxyl groups excluding tert-OH is 1. The number of aromatic amines is 1. The van der Waals surface area contributed by atoms with E-state index in [0.29, 0.717) is 5.92 Å². The Balaban J connectivity index is 1.53. The first-order chi connectivity index (χ1) is 9.83. The summed E-state index contributed by atoms with van der Waals surface area (Å²) >= 11 is 0. The first kappa shape index (κ1) is 13.3. The fourth-order valence-electron chi connectivity index (χ4n) is 2.82. The van der Waals surface area contributed by atoms with Gasteiger partial charge in [0.1, 0.15) is 5.82 Å². The van der Waals surface area contributed by atoms with Crippen LogP contribution in [-0.4, -0.2) is 38.0 Å². The Morgan fingerprint density at radius 2 is 2.10 bits per heavy atom. The van der Waals surface area contributed by atoms with Gasteiger partial charge in [-0.15, -0.1) is 0 Å². The molecule has 0 bridgehead atoms. The number of nitrogens with one attached hydrogen (secondary N) is 1. The topological polar surface area (TPSA) is 65.0 Å². The summed E-state index contributed by atoms with van der Waals surface area (Å²) in [6.07, 6.45) is 6.93. The van der Waals surface area contributed by atoms with E-state index in [2.05, 4.69) is 19.9 Å². The molecule has 5 nitrogen and oxygen atoms in total. The van der Waals surface area contributed by atoms with Crippen molar-refractivity contribution in [2.24, 2.45) is 5.92 Å². The van der Waals surface area contributed by atoms with E-state index in [4.69, 9.17) is 0 Å². The van der Waals surface area contributed by atoms with Crippen molar-refractivity contribution in [1.29, 1.82) is 0 Å². The fourth-order valence-corrected chi connectivity index (χ4v) is 2.82. The molecule has 1 atom stereocenters. The number of pyridine rings is 1. The van der Waals surface area contributed by atoms with E-state index in [-0.39, 0.29) is 0 Å². The molecule has 0 radical (unpaired) electrons. The smallest absolute Gasteiger partial charge is 0.120 e. The summed E-state index contributed by atoms with van der Waals surface area (Å²) in [7, 11) is 0. The van der Waals surface area contributed by atoms with E-state index < -0.39 is 6.10 Å². The van der Waals surface area contributed by atoms with Crippen molar-refractivity contribution in [3.05, 3.63) is 48.3 Å². The molecule has 1 aliphatic heterocycles. The Hall–Kier alpha value is -1.72. The molecule has 1 saturated heterocycles. The van der Waals surface area contributed by atoms with Gasteiger partial charge in [-0.3, -0.25) is 9.88 Å². The standard InChI is InChI=1S/C15H20N4O/c20-15(13-3-1-2-6-16-13)12-4-9-19(10-5-12)11-14-17-7-8-18-14/h1-3,6-8,12,15,20H,4-5,9-11H2,(H,17,18)/t15-/m0/s1. The zero-order chi connectivity index (χ0) is 13.8. The van der Waals surface area contributed by atoms with Crippen LogP contribution in [0.4, 0.5) is 0 Å². The Bertz CT molecular complexity index is 506. The summed E-state index contributed by atoms with van der Waals surface area (Å²) in [5, 5.41) is 10.4. The van der Waals surface area contributed by atoms with Gasteiger partial charge in [-0.1, -0.05) is 6.07 Å². The average molecular weight is 272 g/mol. The SMILES string of the molecule is O[C@H](c1ccccn1)C1CCN(Cc2ncc[nH]2)CC1. The zero-order valence-electron chi connectivity index (χ0n) is 11.4. The molecule has 106 valence electrons. The first-order valence-electron chi connectivity index (χ1n) is 7.12. The number of aromatic nitrogens is 3. The van der Waals surface area contributed by atoms with Crippen LogP contribution in [0.1, 0.15) is 30.5 Å². The quantitative estimate of drug-likeness (QED) is 0.890. The highest BCUT2D eigenvalue weighted by Crippen LogP contribution is 2.29. The van der Waals surface area contributed by atoms with E-state index in [0.717, 1.165) is 44.0 Å². The minimum absolute atomic E-state index is 0.303. The highest BCUT2D eigenvalue weighted by atomic mass is 16.3. The lowest BCUT2D eigenvalue weighted by Gasteiger charge is -2.33. The predicted octanol–water partition coefficient (Wildman–Crippen LogP) is 1.75. The number of piperidine rings is 1. The number of aliphatic hydroxyl groups is 1. The van der Waals surface area contributed by atoms with Crippen molar-refractivity contribution in [1.82, 2.24) is 19.9 Å². The molecule has 0 aliphatic carbocycles. The molecule has 2 aromatic rings. The summed E-state index contributed by atoms with van der Waals surface area (Å²) in [6, 6.07) is 5.71. The van der Waals surface area contributed by atoms with E-state index in [1.54, 1.807) is 12.4 Å². The number of imidazole rings is 1. The van der Waals surface area contributed by atoms with E-state index >= 15 is 0 Å². The highest BCUT2D eigenvalue weighted by molar-refractivity contribution is 5.08. The maximum atomic E-state index is 10.4. The van der Waals surface area contributed by atoms with Crippen LogP contribution < -0.4 is 0 Å². The molecule has 2 aromatic heterocycles. The second-order valence-corrected chi connectivity index (χ2v) is 5.35. The monoisotopic (exact) mass is 272 g/mol. The predicted molar refractivity (Wildman–Crippen MR) is 75.8 cm³/mol. The first-order valence-corrected chi connectivity index (χ1v) is 7.12. The molecule has 5 heteroatoms. The molecule has 0 unspecified atom stereocenters. The van der Waals surface area contributed by atoms with Crippen LogP contribution in [0.25, 0.3) is 0 Å². The van der Waals surface area contributed by atoms with Gasteiger partial charge in [0.15, 0.2) is 0 Å². The van der Waals surface area contributed by atoms with Crippen LogP contribution in [0.3, 0.4) is 0 Å². The number of rotatable bonds is 4. The number of likely N-dealkylation sites (tertiary alicyclic amines) is 1. The van der Waals surface area contributed by atoms with Crippen LogP contribution >= 0.6 is 0 Å². The van der Waals surface area contributed by atoms with Crippen LogP contribution in [0.5, 0.6) is 0 Å². The van der Waals surface area contributed by atoms with E-state index in [9.17, 15) is 5.11 Å². The lowest BCUT2D eigenvalue weighted by atomic mass is 9.89. The van der Waals surface area contributed by atoms with Crippen molar-refractivity contribution >= 4 is 0 Å².